The number of ether oxygens (including phenoxy) is 1. The van der Waals surface area contributed by atoms with Crippen LogP contribution in [-0.2, 0) is 13.0 Å². The fraction of sp³-hybridized carbons (Fsp3) is 0.444. The molecular formula is C9H12N2O. The first kappa shape index (κ1) is 7.55. The summed E-state index contributed by atoms with van der Waals surface area (Å²) in [6, 6.07) is 1.92. The maximum absolute atomic E-state index is 5.24. The molecule has 1 aromatic rings. The van der Waals surface area contributed by atoms with E-state index in [1.807, 2.05) is 6.07 Å². The van der Waals surface area contributed by atoms with Gasteiger partial charge in [0.1, 0.15) is 5.75 Å². The fourth-order valence-corrected chi connectivity index (χ4v) is 1.55. The van der Waals surface area contributed by atoms with Crippen molar-refractivity contribution in [2.75, 3.05) is 13.7 Å². The van der Waals surface area contributed by atoms with Gasteiger partial charge in [-0.25, -0.2) is 0 Å². The van der Waals surface area contributed by atoms with Gasteiger partial charge in [0.2, 0.25) is 0 Å². The zero-order valence-corrected chi connectivity index (χ0v) is 7.13. The van der Waals surface area contributed by atoms with Crippen molar-refractivity contribution in [2.24, 2.45) is 0 Å². The largest absolute Gasteiger partial charge is 0.496 e. The molecule has 0 unspecified atom stereocenters. The zero-order valence-electron chi connectivity index (χ0n) is 7.13. The van der Waals surface area contributed by atoms with Crippen molar-refractivity contribution < 1.29 is 4.74 Å². The molecule has 12 heavy (non-hydrogen) atoms. The SMILES string of the molecule is COc1ccnc2c1CCNC2. The van der Waals surface area contributed by atoms with Crippen LogP contribution in [0.1, 0.15) is 11.3 Å². The van der Waals surface area contributed by atoms with Gasteiger partial charge in [-0.15, -0.1) is 0 Å². The summed E-state index contributed by atoms with van der Waals surface area (Å²) in [4.78, 5) is 4.29. The van der Waals surface area contributed by atoms with E-state index in [9.17, 15) is 0 Å². The second-order valence-electron chi connectivity index (χ2n) is 2.87. The minimum Gasteiger partial charge on any atom is -0.496 e. The van der Waals surface area contributed by atoms with E-state index in [1.165, 1.54) is 5.56 Å². The lowest BCUT2D eigenvalue weighted by Gasteiger charge is -2.17. The number of rotatable bonds is 1. The zero-order chi connectivity index (χ0) is 8.39. The number of hydrogen-bond acceptors (Lipinski definition) is 3. The Morgan fingerprint density at radius 2 is 2.50 bits per heavy atom. The van der Waals surface area contributed by atoms with E-state index < -0.39 is 0 Å². The van der Waals surface area contributed by atoms with E-state index in [0.717, 1.165) is 31.0 Å². The van der Waals surface area contributed by atoms with Gasteiger partial charge in [0.25, 0.3) is 0 Å². The standard InChI is InChI=1S/C9H12N2O/c1-12-9-3-5-11-8-6-10-4-2-7(8)9/h3,5,10H,2,4,6H2,1H3. The van der Waals surface area contributed by atoms with Crippen LogP contribution < -0.4 is 10.1 Å². The van der Waals surface area contributed by atoms with Crippen LogP contribution in [0.4, 0.5) is 0 Å². The van der Waals surface area contributed by atoms with Crippen molar-refractivity contribution in [3.63, 3.8) is 0 Å². The Balaban J connectivity index is 2.44. The summed E-state index contributed by atoms with van der Waals surface area (Å²) in [5.41, 5.74) is 2.39. The smallest absolute Gasteiger partial charge is 0.125 e. The Labute approximate surface area is 71.8 Å². The monoisotopic (exact) mass is 164 g/mol. The van der Waals surface area contributed by atoms with E-state index in [2.05, 4.69) is 10.3 Å². The lowest BCUT2D eigenvalue weighted by atomic mass is 10.1. The highest BCUT2D eigenvalue weighted by Gasteiger charge is 2.13. The molecule has 1 aliphatic rings. The lowest BCUT2D eigenvalue weighted by Crippen LogP contribution is -2.24. The molecule has 3 nitrogen and oxygen atoms in total. The highest BCUT2D eigenvalue weighted by atomic mass is 16.5. The Morgan fingerprint density at radius 1 is 1.58 bits per heavy atom. The molecule has 0 fully saturated rings. The van der Waals surface area contributed by atoms with Gasteiger partial charge in [-0.2, -0.15) is 0 Å². The van der Waals surface area contributed by atoms with Crippen molar-refractivity contribution in [1.29, 1.82) is 0 Å². The molecule has 0 aromatic carbocycles. The molecule has 0 amide bonds. The van der Waals surface area contributed by atoms with Crippen LogP contribution in [0.15, 0.2) is 12.3 Å². The summed E-state index contributed by atoms with van der Waals surface area (Å²) in [5.74, 6) is 0.974. The topological polar surface area (TPSA) is 34.1 Å². The Morgan fingerprint density at radius 3 is 3.33 bits per heavy atom. The van der Waals surface area contributed by atoms with Gasteiger partial charge in [0.05, 0.1) is 12.8 Å². The minimum absolute atomic E-state index is 0.868. The van der Waals surface area contributed by atoms with Gasteiger partial charge in [0, 0.05) is 18.3 Å². The fourth-order valence-electron chi connectivity index (χ4n) is 1.55. The first-order valence-electron chi connectivity index (χ1n) is 4.13. The third kappa shape index (κ3) is 1.16. The second kappa shape index (κ2) is 3.11. The molecule has 1 aliphatic heterocycles. The molecule has 1 N–H and O–H groups in total. The number of hydrogen-bond donors (Lipinski definition) is 1. The van der Waals surface area contributed by atoms with E-state index in [4.69, 9.17) is 4.74 Å². The lowest BCUT2D eigenvalue weighted by molar-refractivity contribution is 0.404. The van der Waals surface area contributed by atoms with E-state index in [-0.39, 0.29) is 0 Å². The molecule has 0 saturated heterocycles. The molecule has 0 aliphatic carbocycles. The maximum Gasteiger partial charge on any atom is 0.125 e. The molecule has 0 radical (unpaired) electrons. The molecule has 0 spiro atoms. The molecule has 3 heteroatoms. The van der Waals surface area contributed by atoms with E-state index >= 15 is 0 Å². The van der Waals surface area contributed by atoms with Crippen LogP contribution in [0.3, 0.4) is 0 Å². The van der Waals surface area contributed by atoms with Crippen LogP contribution in [0.5, 0.6) is 5.75 Å². The molecule has 64 valence electrons. The van der Waals surface area contributed by atoms with Crippen molar-refractivity contribution in [2.45, 2.75) is 13.0 Å². The average molecular weight is 164 g/mol. The third-order valence-electron chi connectivity index (χ3n) is 2.17. The van der Waals surface area contributed by atoms with Gasteiger partial charge >= 0.3 is 0 Å². The number of methoxy groups -OCH3 is 1. The molecule has 2 heterocycles. The summed E-state index contributed by atoms with van der Waals surface area (Å²) in [6.07, 6.45) is 2.82. The number of aromatic nitrogens is 1. The molecule has 0 bridgehead atoms. The molecule has 2 rings (SSSR count). The van der Waals surface area contributed by atoms with Crippen LogP contribution in [0.25, 0.3) is 0 Å². The van der Waals surface area contributed by atoms with E-state index in [0.29, 0.717) is 0 Å². The predicted octanol–water partition coefficient (Wildman–Crippen LogP) is 0.736. The van der Waals surface area contributed by atoms with Crippen LogP contribution >= 0.6 is 0 Å². The predicted molar refractivity (Wildman–Crippen MR) is 46.2 cm³/mol. The number of pyridine rings is 1. The first-order valence-corrected chi connectivity index (χ1v) is 4.13. The Hall–Kier alpha value is -1.09. The Kier molecular flexibility index (Phi) is 1.96. The number of fused-ring (bicyclic) bond motifs is 1. The molecular weight excluding hydrogens is 152 g/mol. The normalized spacial score (nSPS) is 15.4. The summed E-state index contributed by atoms with van der Waals surface area (Å²) in [6.45, 7) is 1.89. The highest BCUT2D eigenvalue weighted by molar-refractivity contribution is 5.37. The summed E-state index contributed by atoms with van der Waals surface area (Å²) in [5, 5.41) is 3.27. The summed E-state index contributed by atoms with van der Waals surface area (Å²) < 4.78 is 5.24. The maximum atomic E-state index is 5.24. The van der Waals surface area contributed by atoms with Gasteiger partial charge < -0.3 is 10.1 Å². The van der Waals surface area contributed by atoms with Crippen molar-refractivity contribution in [3.05, 3.63) is 23.5 Å². The van der Waals surface area contributed by atoms with Crippen LogP contribution in [0, 0.1) is 0 Å². The van der Waals surface area contributed by atoms with Gasteiger partial charge in [-0.1, -0.05) is 0 Å². The van der Waals surface area contributed by atoms with Crippen LogP contribution in [-0.4, -0.2) is 18.6 Å². The minimum atomic E-state index is 0.868. The van der Waals surface area contributed by atoms with Crippen LogP contribution in [0.2, 0.25) is 0 Å². The average Bonchev–Trinajstić information content (AvgIpc) is 2.17. The first-order chi connectivity index (χ1) is 5.92. The van der Waals surface area contributed by atoms with Crippen molar-refractivity contribution in [1.82, 2.24) is 10.3 Å². The summed E-state index contributed by atoms with van der Waals surface area (Å²) >= 11 is 0. The molecule has 0 saturated carbocycles. The highest BCUT2D eigenvalue weighted by Crippen LogP contribution is 2.22. The van der Waals surface area contributed by atoms with Gasteiger partial charge in [-0.3, -0.25) is 4.98 Å². The summed E-state index contributed by atoms with van der Waals surface area (Å²) in [7, 11) is 1.71. The van der Waals surface area contributed by atoms with E-state index in [1.54, 1.807) is 13.3 Å². The van der Waals surface area contributed by atoms with Crippen molar-refractivity contribution >= 4 is 0 Å². The number of nitrogens with zero attached hydrogens (tertiary/aromatic N) is 1. The quantitative estimate of drug-likeness (QED) is 0.664. The third-order valence-corrected chi connectivity index (χ3v) is 2.17. The molecule has 1 aromatic heterocycles. The van der Waals surface area contributed by atoms with Gasteiger partial charge in [-0.05, 0) is 19.0 Å². The number of nitrogens with one attached hydrogen (secondary N) is 1. The molecule has 0 atom stereocenters. The second-order valence-corrected chi connectivity index (χ2v) is 2.87. The Bertz CT molecular complexity index is 272. The van der Waals surface area contributed by atoms with Gasteiger partial charge in [0.15, 0.2) is 0 Å². The van der Waals surface area contributed by atoms with Crippen molar-refractivity contribution in [3.8, 4) is 5.75 Å².